The second kappa shape index (κ2) is 5.19. The van der Waals surface area contributed by atoms with Crippen LogP contribution < -0.4 is 4.72 Å². The number of hydrogen-bond donors (Lipinski definition) is 1. The molecule has 6 heteroatoms. The van der Waals surface area contributed by atoms with Crippen LogP contribution in [-0.2, 0) is 10.0 Å². The SMILES string of the molecule is C#CC(CC)NS(=O)(=O)c1cc(C)c(Cl)s1. The summed E-state index contributed by atoms with van der Waals surface area (Å²) in [5, 5.41) is 0. The summed E-state index contributed by atoms with van der Waals surface area (Å²) in [6.45, 7) is 3.58. The molecule has 88 valence electrons. The molecule has 0 spiro atoms. The second-order valence-corrected chi connectivity index (χ2v) is 6.87. The second-order valence-electron chi connectivity index (χ2n) is 3.27. The van der Waals surface area contributed by atoms with Crippen molar-refractivity contribution >= 4 is 33.0 Å². The van der Waals surface area contributed by atoms with E-state index in [9.17, 15) is 8.42 Å². The van der Waals surface area contributed by atoms with Crippen LogP contribution in [0, 0.1) is 19.3 Å². The van der Waals surface area contributed by atoms with Gasteiger partial charge in [-0.1, -0.05) is 24.4 Å². The summed E-state index contributed by atoms with van der Waals surface area (Å²) in [5.74, 6) is 2.38. The van der Waals surface area contributed by atoms with Crippen LogP contribution in [0.25, 0.3) is 0 Å². The first-order chi connectivity index (χ1) is 7.40. The fraction of sp³-hybridized carbons (Fsp3) is 0.400. The van der Waals surface area contributed by atoms with Gasteiger partial charge in [0.25, 0.3) is 10.0 Å². The van der Waals surface area contributed by atoms with E-state index in [0.717, 1.165) is 16.9 Å². The standard InChI is InChI=1S/C10H12ClNO2S2/c1-4-8(5-2)12-16(13,14)9-6-7(3)10(11)15-9/h1,6,8,12H,5H2,2-3H3. The summed E-state index contributed by atoms with van der Waals surface area (Å²) in [6.07, 6.45) is 5.75. The van der Waals surface area contributed by atoms with Crippen LogP contribution >= 0.6 is 22.9 Å². The molecule has 1 heterocycles. The number of thiophene rings is 1. The van der Waals surface area contributed by atoms with Crippen molar-refractivity contribution in [2.24, 2.45) is 0 Å². The number of aryl methyl sites for hydroxylation is 1. The van der Waals surface area contributed by atoms with Gasteiger partial charge in [0.15, 0.2) is 0 Å². The molecule has 0 bridgehead atoms. The van der Waals surface area contributed by atoms with E-state index >= 15 is 0 Å². The van der Waals surface area contributed by atoms with E-state index in [2.05, 4.69) is 10.6 Å². The zero-order valence-electron chi connectivity index (χ0n) is 8.95. The zero-order valence-corrected chi connectivity index (χ0v) is 11.3. The third-order valence-corrected chi connectivity index (χ3v) is 5.51. The largest absolute Gasteiger partial charge is 0.251 e. The van der Waals surface area contributed by atoms with Crippen molar-refractivity contribution in [3.63, 3.8) is 0 Å². The van der Waals surface area contributed by atoms with Crippen molar-refractivity contribution < 1.29 is 8.42 Å². The highest BCUT2D eigenvalue weighted by molar-refractivity contribution is 7.91. The summed E-state index contributed by atoms with van der Waals surface area (Å²) < 4.78 is 26.9. The van der Waals surface area contributed by atoms with Crippen molar-refractivity contribution in [1.29, 1.82) is 0 Å². The van der Waals surface area contributed by atoms with Gasteiger partial charge in [-0.25, -0.2) is 8.42 Å². The molecule has 0 aliphatic heterocycles. The lowest BCUT2D eigenvalue weighted by Gasteiger charge is -2.09. The Bertz CT molecular complexity index is 494. The molecule has 0 aliphatic rings. The molecule has 0 aliphatic carbocycles. The van der Waals surface area contributed by atoms with Crippen molar-refractivity contribution in [2.75, 3.05) is 0 Å². The van der Waals surface area contributed by atoms with Crippen LogP contribution in [0.15, 0.2) is 10.3 Å². The first-order valence-electron chi connectivity index (χ1n) is 4.65. The smallest absolute Gasteiger partial charge is 0.206 e. The van der Waals surface area contributed by atoms with E-state index in [1.54, 1.807) is 13.0 Å². The lowest BCUT2D eigenvalue weighted by molar-refractivity contribution is 0.572. The van der Waals surface area contributed by atoms with E-state index in [1.165, 1.54) is 0 Å². The van der Waals surface area contributed by atoms with Crippen LogP contribution in [0.5, 0.6) is 0 Å². The van der Waals surface area contributed by atoms with E-state index in [-0.39, 0.29) is 4.21 Å². The van der Waals surface area contributed by atoms with Crippen molar-refractivity contribution in [1.82, 2.24) is 4.72 Å². The maximum atomic E-state index is 11.9. The summed E-state index contributed by atoms with van der Waals surface area (Å²) in [4.78, 5) is 0. The molecule has 0 saturated carbocycles. The number of sulfonamides is 1. The lowest BCUT2D eigenvalue weighted by Crippen LogP contribution is -2.32. The summed E-state index contributed by atoms with van der Waals surface area (Å²) in [5.41, 5.74) is 0.751. The van der Waals surface area contributed by atoms with Crippen molar-refractivity contribution in [3.05, 3.63) is 16.0 Å². The van der Waals surface area contributed by atoms with Crippen LogP contribution in [0.4, 0.5) is 0 Å². The molecule has 0 amide bonds. The number of terminal acetylenes is 1. The van der Waals surface area contributed by atoms with Crippen LogP contribution in [0.3, 0.4) is 0 Å². The molecule has 1 rings (SSSR count). The Kier molecular flexibility index (Phi) is 4.39. The summed E-state index contributed by atoms with van der Waals surface area (Å²) in [7, 11) is -3.54. The molecule has 1 aromatic rings. The van der Waals surface area contributed by atoms with Crippen LogP contribution in [0.1, 0.15) is 18.9 Å². The minimum atomic E-state index is -3.54. The molecule has 0 fully saturated rings. The maximum Gasteiger partial charge on any atom is 0.251 e. The number of hydrogen-bond acceptors (Lipinski definition) is 3. The third-order valence-electron chi connectivity index (χ3n) is 2.01. The molecule has 1 aromatic heterocycles. The number of rotatable bonds is 4. The minimum Gasteiger partial charge on any atom is -0.206 e. The first kappa shape index (κ1) is 13.5. The van der Waals surface area contributed by atoms with E-state index < -0.39 is 16.1 Å². The van der Waals surface area contributed by atoms with Gasteiger partial charge in [-0.2, -0.15) is 4.72 Å². The quantitative estimate of drug-likeness (QED) is 0.859. The molecule has 1 atom stereocenters. The van der Waals surface area contributed by atoms with Gasteiger partial charge in [0.05, 0.1) is 10.4 Å². The van der Waals surface area contributed by atoms with Crippen LogP contribution in [0.2, 0.25) is 4.34 Å². The molecule has 3 nitrogen and oxygen atoms in total. The Hall–Kier alpha value is -0.540. The first-order valence-corrected chi connectivity index (χ1v) is 7.33. The minimum absolute atomic E-state index is 0.198. The highest BCUT2D eigenvalue weighted by atomic mass is 35.5. The Morgan fingerprint density at radius 1 is 1.69 bits per heavy atom. The van der Waals surface area contributed by atoms with Gasteiger partial charge < -0.3 is 0 Å². The lowest BCUT2D eigenvalue weighted by atomic mass is 10.3. The Morgan fingerprint density at radius 3 is 2.69 bits per heavy atom. The van der Waals surface area contributed by atoms with E-state index in [1.807, 2.05) is 6.92 Å². The average Bonchev–Trinajstić information content (AvgIpc) is 2.56. The molecule has 1 N–H and O–H groups in total. The Morgan fingerprint density at radius 2 is 2.31 bits per heavy atom. The van der Waals surface area contributed by atoms with Crippen LogP contribution in [-0.4, -0.2) is 14.5 Å². The molecule has 0 aromatic carbocycles. The van der Waals surface area contributed by atoms with Gasteiger partial charge >= 0.3 is 0 Å². The normalized spacial score (nSPS) is 13.4. The fourth-order valence-corrected chi connectivity index (χ4v) is 4.01. The van der Waals surface area contributed by atoms with Gasteiger partial charge in [-0.15, -0.1) is 17.8 Å². The molecular formula is C10H12ClNO2S2. The maximum absolute atomic E-state index is 11.9. The molecule has 0 saturated heterocycles. The third kappa shape index (κ3) is 2.98. The molecular weight excluding hydrogens is 266 g/mol. The highest BCUT2D eigenvalue weighted by Gasteiger charge is 2.20. The Balaban J connectivity index is 2.99. The molecule has 1 unspecified atom stereocenters. The molecule has 16 heavy (non-hydrogen) atoms. The Labute approximate surface area is 105 Å². The zero-order chi connectivity index (χ0) is 12.3. The van der Waals surface area contributed by atoms with Gasteiger partial charge in [0.2, 0.25) is 0 Å². The van der Waals surface area contributed by atoms with Crippen molar-refractivity contribution in [2.45, 2.75) is 30.5 Å². The monoisotopic (exact) mass is 277 g/mol. The summed E-state index contributed by atoms with van der Waals surface area (Å²) in [6, 6.07) is 1.06. The van der Waals surface area contributed by atoms with Gasteiger partial charge in [0, 0.05) is 0 Å². The molecule has 0 radical (unpaired) electrons. The van der Waals surface area contributed by atoms with Crippen molar-refractivity contribution in [3.8, 4) is 12.3 Å². The van der Waals surface area contributed by atoms with E-state index in [4.69, 9.17) is 18.0 Å². The van der Waals surface area contributed by atoms with Gasteiger partial charge in [-0.05, 0) is 25.0 Å². The predicted molar refractivity (Wildman–Crippen MR) is 67.3 cm³/mol. The summed E-state index contributed by atoms with van der Waals surface area (Å²) >= 11 is 6.86. The van der Waals surface area contributed by atoms with E-state index in [0.29, 0.717) is 10.8 Å². The van der Waals surface area contributed by atoms with Gasteiger partial charge in [0.1, 0.15) is 4.21 Å². The fourth-order valence-electron chi connectivity index (χ4n) is 1.04. The highest BCUT2D eigenvalue weighted by Crippen LogP contribution is 2.30. The predicted octanol–water partition coefficient (Wildman–Crippen LogP) is 2.40. The number of halogens is 1. The van der Waals surface area contributed by atoms with Gasteiger partial charge in [-0.3, -0.25) is 0 Å². The number of nitrogens with one attached hydrogen (secondary N) is 1. The topological polar surface area (TPSA) is 46.2 Å². The average molecular weight is 278 g/mol.